The number of benzene rings is 1. The molecule has 4 rings (SSSR count). The van der Waals surface area contributed by atoms with Crippen LogP contribution in [-0.2, 0) is 13.1 Å². The molecule has 0 aliphatic carbocycles. The van der Waals surface area contributed by atoms with Crippen molar-refractivity contribution in [1.29, 1.82) is 0 Å². The van der Waals surface area contributed by atoms with E-state index >= 15 is 0 Å². The van der Waals surface area contributed by atoms with E-state index < -0.39 is 0 Å². The number of aromatic nitrogens is 3. The van der Waals surface area contributed by atoms with Crippen LogP contribution in [-0.4, -0.2) is 34.5 Å². The van der Waals surface area contributed by atoms with Crippen LogP contribution in [0.4, 0.5) is 0 Å². The molecule has 0 saturated heterocycles. The van der Waals surface area contributed by atoms with Crippen LogP contribution in [0.5, 0.6) is 11.5 Å². The second-order valence-electron chi connectivity index (χ2n) is 4.63. The van der Waals surface area contributed by atoms with Gasteiger partial charge in [-0.1, -0.05) is 0 Å². The highest BCUT2D eigenvalue weighted by atomic mass is 16.6. The minimum Gasteiger partial charge on any atom is -0.486 e. The van der Waals surface area contributed by atoms with E-state index in [1.807, 2.05) is 18.2 Å². The van der Waals surface area contributed by atoms with Crippen molar-refractivity contribution in [2.45, 2.75) is 13.1 Å². The first-order chi connectivity index (χ1) is 9.42. The fourth-order valence-electron chi connectivity index (χ4n) is 2.49. The number of nitrogens with one attached hydrogen (secondary N) is 1. The van der Waals surface area contributed by atoms with Crippen LogP contribution >= 0.6 is 0 Å². The van der Waals surface area contributed by atoms with Gasteiger partial charge in [0.2, 0.25) is 0 Å². The summed E-state index contributed by atoms with van der Waals surface area (Å²) < 4.78 is 13.3. The topological polar surface area (TPSA) is 61.2 Å². The molecule has 0 amide bonds. The van der Waals surface area contributed by atoms with E-state index in [0.717, 1.165) is 48.3 Å². The lowest BCUT2D eigenvalue weighted by atomic mass is 10.1. The van der Waals surface area contributed by atoms with E-state index in [0.29, 0.717) is 13.2 Å². The fourth-order valence-corrected chi connectivity index (χ4v) is 2.49. The monoisotopic (exact) mass is 258 g/mol. The van der Waals surface area contributed by atoms with E-state index in [4.69, 9.17) is 9.47 Å². The van der Waals surface area contributed by atoms with E-state index in [1.54, 1.807) is 0 Å². The summed E-state index contributed by atoms with van der Waals surface area (Å²) in [7, 11) is 0. The number of fused-ring (bicyclic) bond motifs is 2. The van der Waals surface area contributed by atoms with Gasteiger partial charge < -0.3 is 19.4 Å². The minimum absolute atomic E-state index is 0.596. The zero-order valence-corrected chi connectivity index (χ0v) is 10.4. The van der Waals surface area contributed by atoms with E-state index in [-0.39, 0.29) is 0 Å². The second-order valence-corrected chi connectivity index (χ2v) is 4.63. The van der Waals surface area contributed by atoms with E-state index in [1.165, 1.54) is 0 Å². The molecule has 98 valence electrons. The van der Waals surface area contributed by atoms with Crippen molar-refractivity contribution in [2.75, 3.05) is 19.8 Å². The Morgan fingerprint density at radius 2 is 2.00 bits per heavy atom. The molecule has 3 heterocycles. The van der Waals surface area contributed by atoms with Gasteiger partial charge in [0.05, 0.1) is 6.54 Å². The SMILES string of the molecule is c1cc2c(cc1-c1nnc3n1CCNC3)OCCO2. The highest BCUT2D eigenvalue weighted by Gasteiger charge is 2.19. The molecule has 1 aromatic heterocycles. The largest absolute Gasteiger partial charge is 0.486 e. The summed E-state index contributed by atoms with van der Waals surface area (Å²) in [5.41, 5.74) is 1.02. The molecule has 0 radical (unpaired) electrons. The standard InChI is InChI=1S/C13H14N4O2/c1-2-10-11(19-6-5-18-10)7-9(1)13-16-15-12-8-14-3-4-17(12)13/h1-2,7,14H,3-6,8H2. The third-order valence-electron chi connectivity index (χ3n) is 3.42. The molecule has 0 unspecified atom stereocenters. The molecule has 2 aromatic rings. The predicted molar refractivity (Wildman–Crippen MR) is 68.2 cm³/mol. The van der Waals surface area contributed by atoms with Crippen LogP contribution in [0.15, 0.2) is 18.2 Å². The minimum atomic E-state index is 0.596. The Bertz CT molecular complexity index is 623. The van der Waals surface area contributed by atoms with Gasteiger partial charge in [0.15, 0.2) is 17.3 Å². The second kappa shape index (κ2) is 4.24. The Balaban J connectivity index is 1.78. The first-order valence-electron chi connectivity index (χ1n) is 6.44. The van der Waals surface area contributed by atoms with Gasteiger partial charge in [0, 0.05) is 18.7 Å². The van der Waals surface area contributed by atoms with Crippen LogP contribution in [0.1, 0.15) is 5.82 Å². The van der Waals surface area contributed by atoms with Crippen molar-refractivity contribution in [2.24, 2.45) is 0 Å². The summed E-state index contributed by atoms with van der Waals surface area (Å²) in [6.45, 7) is 3.82. The number of rotatable bonds is 1. The molecular weight excluding hydrogens is 244 g/mol. The summed E-state index contributed by atoms with van der Waals surface area (Å²) in [5.74, 6) is 3.47. The molecule has 0 atom stereocenters. The summed E-state index contributed by atoms with van der Waals surface area (Å²) in [4.78, 5) is 0. The van der Waals surface area contributed by atoms with Gasteiger partial charge >= 0.3 is 0 Å². The van der Waals surface area contributed by atoms with Crippen LogP contribution in [0.2, 0.25) is 0 Å². The molecule has 19 heavy (non-hydrogen) atoms. The lowest BCUT2D eigenvalue weighted by molar-refractivity contribution is 0.171. The van der Waals surface area contributed by atoms with Crippen molar-refractivity contribution in [3.63, 3.8) is 0 Å². The van der Waals surface area contributed by atoms with Crippen molar-refractivity contribution >= 4 is 0 Å². The van der Waals surface area contributed by atoms with Gasteiger partial charge in [-0.05, 0) is 18.2 Å². The van der Waals surface area contributed by atoms with Gasteiger partial charge in [-0.3, -0.25) is 0 Å². The molecule has 6 heteroatoms. The highest BCUT2D eigenvalue weighted by molar-refractivity contribution is 5.61. The van der Waals surface area contributed by atoms with Crippen LogP contribution < -0.4 is 14.8 Å². The van der Waals surface area contributed by atoms with E-state index in [2.05, 4.69) is 20.1 Å². The maximum absolute atomic E-state index is 5.61. The first-order valence-corrected chi connectivity index (χ1v) is 6.44. The Morgan fingerprint density at radius 1 is 1.11 bits per heavy atom. The molecule has 6 nitrogen and oxygen atoms in total. The molecule has 0 bridgehead atoms. The highest BCUT2D eigenvalue weighted by Crippen LogP contribution is 2.34. The first kappa shape index (κ1) is 10.8. The van der Waals surface area contributed by atoms with Gasteiger partial charge in [-0.25, -0.2) is 0 Å². The van der Waals surface area contributed by atoms with Crippen molar-refractivity contribution in [3.8, 4) is 22.9 Å². The Hall–Kier alpha value is -2.08. The predicted octanol–water partition coefficient (Wildman–Crippen LogP) is 0.819. The van der Waals surface area contributed by atoms with Crippen molar-refractivity contribution in [3.05, 3.63) is 24.0 Å². The zero-order valence-electron chi connectivity index (χ0n) is 10.4. The molecule has 0 fully saturated rings. The van der Waals surface area contributed by atoms with Gasteiger partial charge in [0.25, 0.3) is 0 Å². The molecule has 1 N–H and O–H groups in total. The summed E-state index contributed by atoms with van der Waals surface area (Å²) in [5, 5.41) is 11.8. The Kier molecular flexibility index (Phi) is 2.41. The molecular formula is C13H14N4O2. The summed E-state index contributed by atoms with van der Waals surface area (Å²) in [6.07, 6.45) is 0. The fraction of sp³-hybridized carbons (Fsp3) is 0.385. The van der Waals surface area contributed by atoms with E-state index in [9.17, 15) is 0 Å². The number of hydrogen-bond donors (Lipinski definition) is 1. The smallest absolute Gasteiger partial charge is 0.164 e. The van der Waals surface area contributed by atoms with Crippen LogP contribution in [0, 0.1) is 0 Å². The lowest BCUT2D eigenvalue weighted by Crippen LogP contribution is -2.28. The van der Waals surface area contributed by atoms with Gasteiger partial charge in [0.1, 0.15) is 19.0 Å². The van der Waals surface area contributed by atoms with Gasteiger partial charge in [-0.15, -0.1) is 10.2 Å². The van der Waals surface area contributed by atoms with Crippen LogP contribution in [0.25, 0.3) is 11.4 Å². The molecule has 0 saturated carbocycles. The molecule has 1 aromatic carbocycles. The quantitative estimate of drug-likeness (QED) is 0.820. The number of ether oxygens (including phenoxy) is 2. The third-order valence-corrected chi connectivity index (χ3v) is 3.42. The lowest BCUT2D eigenvalue weighted by Gasteiger charge is -2.19. The average molecular weight is 258 g/mol. The average Bonchev–Trinajstić information content (AvgIpc) is 2.91. The molecule has 2 aliphatic heterocycles. The zero-order chi connectivity index (χ0) is 12.7. The third kappa shape index (κ3) is 1.76. The Labute approximate surface area is 110 Å². The summed E-state index contributed by atoms with van der Waals surface area (Å²) >= 11 is 0. The van der Waals surface area contributed by atoms with Crippen molar-refractivity contribution in [1.82, 2.24) is 20.1 Å². The Morgan fingerprint density at radius 3 is 2.95 bits per heavy atom. The maximum atomic E-state index is 5.61. The number of hydrogen-bond acceptors (Lipinski definition) is 5. The van der Waals surface area contributed by atoms with Gasteiger partial charge in [-0.2, -0.15) is 0 Å². The normalized spacial score (nSPS) is 17.1. The van der Waals surface area contributed by atoms with Crippen molar-refractivity contribution < 1.29 is 9.47 Å². The summed E-state index contributed by atoms with van der Waals surface area (Å²) in [6, 6.07) is 5.92. The number of nitrogens with zero attached hydrogens (tertiary/aromatic N) is 3. The maximum Gasteiger partial charge on any atom is 0.164 e. The molecule has 0 spiro atoms. The molecule has 2 aliphatic rings. The van der Waals surface area contributed by atoms with Crippen LogP contribution in [0.3, 0.4) is 0 Å².